The lowest BCUT2D eigenvalue weighted by molar-refractivity contribution is -0.0794. The molecule has 0 saturated heterocycles. The van der Waals surface area contributed by atoms with Crippen LogP contribution >= 0.6 is 0 Å². The van der Waals surface area contributed by atoms with E-state index in [1.165, 1.54) is 0 Å². The molecule has 0 amide bonds. The van der Waals surface area contributed by atoms with Crippen LogP contribution in [0.3, 0.4) is 0 Å². The number of alkyl halides is 2. The molecule has 1 aliphatic rings. The standard InChI is InChI=1S/C15H25F2N3Si/c1-14(2,3)18-10-21-9-11-5-4-6-13(19-11)20-12-7-15(16,17)8-12/h4-6,12,18H,7-10,21H2,1-3H3,(H,19,20). The van der Waals surface area contributed by atoms with Gasteiger partial charge in [0.2, 0.25) is 0 Å². The normalized spacial score (nSPS) is 18.9. The number of rotatable bonds is 6. The van der Waals surface area contributed by atoms with Crippen molar-refractivity contribution in [2.75, 3.05) is 11.5 Å². The molecule has 2 N–H and O–H groups in total. The van der Waals surface area contributed by atoms with Crippen molar-refractivity contribution in [3.8, 4) is 0 Å². The summed E-state index contributed by atoms with van der Waals surface area (Å²) < 4.78 is 25.6. The maximum Gasteiger partial charge on any atom is 0.252 e. The molecule has 3 nitrogen and oxygen atoms in total. The third-order valence-electron chi connectivity index (χ3n) is 3.51. The van der Waals surface area contributed by atoms with E-state index in [1.54, 1.807) is 0 Å². The van der Waals surface area contributed by atoms with E-state index in [4.69, 9.17) is 0 Å². The van der Waals surface area contributed by atoms with Crippen LogP contribution in [0.5, 0.6) is 0 Å². The van der Waals surface area contributed by atoms with E-state index in [2.05, 4.69) is 36.4 Å². The van der Waals surface area contributed by atoms with Crippen LogP contribution in [0.25, 0.3) is 0 Å². The van der Waals surface area contributed by atoms with Crippen molar-refractivity contribution >= 4 is 15.3 Å². The largest absolute Gasteiger partial charge is 0.367 e. The number of pyridine rings is 1. The van der Waals surface area contributed by atoms with E-state index in [0.717, 1.165) is 23.7 Å². The molecule has 0 spiro atoms. The molecule has 6 heteroatoms. The summed E-state index contributed by atoms with van der Waals surface area (Å²) in [5.41, 5.74) is 1.23. The van der Waals surface area contributed by atoms with Gasteiger partial charge in [0.05, 0.1) is 0 Å². The number of hydrogen-bond donors (Lipinski definition) is 2. The predicted molar refractivity (Wildman–Crippen MR) is 85.8 cm³/mol. The van der Waals surface area contributed by atoms with Crippen molar-refractivity contribution < 1.29 is 8.78 Å². The van der Waals surface area contributed by atoms with Gasteiger partial charge in [-0.05, 0) is 45.1 Å². The quantitative estimate of drug-likeness (QED) is 0.625. The van der Waals surface area contributed by atoms with E-state index in [0.29, 0.717) is 0 Å². The molecule has 0 aromatic carbocycles. The Hall–Kier alpha value is -1.01. The van der Waals surface area contributed by atoms with Crippen LogP contribution in [0.4, 0.5) is 14.6 Å². The zero-order valence-electron chi connectivity index (χ0n) is 13.0. The maximum atomic E-state index is 12.8. The topological polar surface area (TPSA) is 37.0 Å². The van der Waals surface area contributed by atoms with Crippen molar-refractivity contribution in [3.05, 3.63) is 23.9 Å². The fraction of sp³-hybridized carbons (Fsp3) is 0.667. The molecule has 0 radical (unpaired) electrons. The van der Waals surface area contributed by atoms with Gasteiger partial charge >= 0.3 is 0 Å². The Kier molecular flexibility index (Phi) is 4.98. The lowest BCUT2D eigenvalue weighted by atomic mass is 9.88. The minimum absolute atomic E-state index is 0.0802. The predicted octanol–water partition coefficient (Wildman–Crippen LogP) is 2.31. The first-order chi connectivity index (χ1) is 9.73. The molecule has 2 rings (SSSR count). The maximum absolute atomic E-state index is 12.8. The van der Waals surface area contributed by atoms with Crippen LogP contribution < -0.4 is 10.6 Å². The van der Waals surface area contributed by atoms with Crippen molar-refractivity contribution in [2.45, 2.75) is 57.2 Å². The third kappa shape index (κ3) is 5.71. The highest BCUT2D eigenvalue weighted by molar-refractivity contribution is 6.35. The number of nitrogens with zero attached hydrogens (tertiary/aromatic N) is 1. The Morgan fingerprint density at radius 2 is 2.05 bits per heavy atom. The molecule has 0 aliphatic heterocycles. The molecule has 0 bridgehead atoms. The van der Waals surface area contributed by atoms with Gasteiger partial charge in [0.25, 0.3) is 5.92 Å². The second-order valence-corrected chi connectivity index (χ2v) is 8.61. The summed E-state index contributed by atoms with van der Waals surface area (Å²) in [6.45, 7) is 6.50. The molecular weight excluding hydrogens is 288 g/mol. The Morgan fingerprint density at radius 3 is 2.67 bits per heavy atom. The molecule has 1 heterocycles. The average Bonchev–Trinajstić information content (AvgIpc) is 2.32. The molecule has 1 fully saturated rings. The van der Waals surface area contributed by atoms with Crippen LogP contribution in [0.15, 0.2) is 18.2 Å². The highest BCUT2D eigenvalue weighted by Crippen LogP contribution is 2.38. The van der Waals surface area contributed by atoms with Crippen molar-refractivity contribution in [2.24, 2.45) is 0 Å². The summed E-state index contributed by atoms with van der Waals surface area (Å²) in [4.78, 5) is 4.53. The molecule has 118 valence electrons. The molecule has 1 aromatic heterocycles. The Bertz CT molecular complexity index is 466. The van der Waals surface area contributed by atoms with Gasteiger partial charge in [0.15, 0.2) is 0 Å². The lowest BCUT2D eigenvalue weighted by Crippen LogP contribution is -2.44. The number of anilines is 1. The van der Waals surface area contributed by atoms with E-state index in [-0.39, 0.29) is 33.9 Å². The highest BCUT2D eigenvalue weighted by atomic mass is 28.2. The van der Waals surface area contributed by atoms with Gasteiger partial charge in [-0.3, -0.25) is 0 Å². The minimum Gasteiger partial charge on any atom is -0.367 e. The van der Waals surface area contributed by atoms with Crippen molar-refractivity contribution in [3.63, 3.8) is 0 Å². The Labute approximate surface area is 127 Å². The van der Waals surface area contributed by atoms with Crippen molar-refractivity contribution in [1.29, 1.82) is 0 Å². The Balaban J connectivity index is 1.76. The average molecular weight is 313 g/mol. The fourth-order valence-corrected chi connectivity index (χ4v) is 4.15. The van der Waals surface area contributed by atoms with Gasteiger partial charge in [0, 0.05) is 39.6 Å². The first kappa shape index (κ1) is 16.4. The van der Waals surface area contributed by atoms with Crippen LogP contribution in [0, 0.1) is 0 Å². The molecule has 1 aromatic rings. The van der Waals surface area contributed by atoms with Gasteiger partial charge in [-0.15, -0.1) is 0 Å². The van der Waals surface area contributed by atoms with E-state index >= 15 is 0 Å². The molecule has 1 aliphatic carbocycles. The number of nitrogens with one attached hydrogen (secondary N) is 2. The van der Waals surface area contributed by atoms with Gasteiger partial charge in [-0.1, -0.05) is 6.07 Å². The highest BCUT2D eigenvalue weighted by Gasteiger charge is 2.45. The van der Waals surface area contributed by atoms with E-state index < -0.39 is 5.92 Å². The van der Waals surface area contributed by atoms with Gasteiger partial charge in [-0.25, -0.2) is 13.8 Å². The zero-order valence-corrected chi connectivity index (χ0v) is 14.5. The van der Waals surface area contributed by atoms with Crippen LogP contribution in [0.1, 0.15) is 39.3 Å². The fourth-order valence-electron chi connectivity index (χ4n) is 2.40. The van der Waals surface area contributed by atoms with Gasteiger partial charge < -0.3 is 10.6 Å². The molecule has 0 atom stereocenters. The second-order valence-electron chi connectivity index (χ2n) is 6.90. The van der Waals surface area contributed by atoms with Crippen molar-refractivity contribution in [1.82, 2.24) is 10.3 Å². The molecular formula is C15H25F2N3Si. The molecule has 1 saturated carbocycles. The van der Waals surface area contributed by atoms with Gasteiger partial charge in [-0.2, -0.15) is 0 Å². The monoisotopic (exact) mass is 313 g/mol. The SMILES string of the molecule is CC(C)(C)NC[SiH2]Cc1cccc(NC2CC(F)(F)C2)n1. The summed E-state index contributed by atoms with van der Waals surface area (Å²) in [5.74, 6) is -1.76. The third-order valence-corrected chi connectivity index (χ3v) is 4.98. The van der Waals surface area contributed by atoms with E-state index in [1.807, 2.05) is 18.2 Å². The zero-order chi connectivity index (χ0) is 15.5. The summed E-state index contributed by atoms with van der Waals surface area (Å²) in [6, 6.07) is 6.72. The van der Waals surface area contributed by atoms with Crippen LogP contribution in [-0.4, -0.2) is 38.2 Å². The number of hydrogen-bond acceptors (Lipinski definition) is 3. The first-order valence-corrected chi connectivity index (χ1v) is 9.59. The number of halogens is 2. The molecule has 0 unspecified atom stereocenters. The van der Waals surface area contributed by atoms with E-state index in [9.17, 15) is 8.78 Å². The second kappa shape index (κ2) is 6.40. The smallest absolute Gasteiger partial charge is 0.252 e. The van der Waals surface area contributed by atoms with Crippen LogP contribution in [-0.2, 0) is 6.04 Å². The van der Waals surface area contributed by atoms with Crippen LogP contribution in [0.2, 0.25) is 0 Å². The minimum atomic E-state index is -2.49. The lowest BCUT2D eigenvalue weighted by Gasteiger charge is -2.35. The summed E-state index contributed by atoms with van der Waals surface area (Å²) in [7, 11) is -0.240. The summed E-state index contributed by atoms with van der Waals surface area (Å²) in [5, 5.41) is 6.60. The van der Waals surface area contributed by atoms with Gasteiger partial charge in [0.1, 0.15) is 5.82 Å². The number of aromatic nitrogens is 1. The first-order valence-electron chi connectivity index (χ1n) is 7.59. The summed E-state index contributed by atoms with van der Waals surface area (Å²) >= 11 is 0. The Morgan fingerprint density at radius 1 is 1.33 bits per heavy atom. The molecule has 21 heavy (non-hydrogen) atoms. The summed E-state index contributed by atoms with van der Waals surface area (Å²) in [6.07, 6.45) is 0.921.